The van der Waals surface area contributed by atoms with Gasteiger partial charge in [-0.15, -0.1) is 0 Å². The summed E-state index contributed by atoms with van der Waals surface area (Å²) in [5.74, 6) is 1.91. The molecule has 3 heterocycles. The van der Waals surface area contributed by atoms with E-state index >= 15 is 0 Å². The van der Waals surface area contributed by atoms with Gasteiger partial charge in [0.25, 0.3) is 0 Å². The Hall–Kier alpha value is -1.61. The molecular weight excluding hydrogens is 370 g/mol. The van der Waals surface area contributed by atoms with E-state index in [1.54, 1.807) is 13.4 Å². The standard InChI is InChI=1S/C21H37N5O3/c1-27-16-12-25-9-5-19(6-10-25)24-21(22-7-4-20-3-2-15-29-20)23-8-11-26-13-17-28-18-14-26/h2-3,15,19H,4-14,16-18H2,1H3,(H2,22,23,24). The van der Waals surface area contributed by atoms with Crippen LogP contribution in [-0.4, -0.2) is 101 Å². The van der Waals surface area contributed by atoms with Gasteiger partial charge in [-0.2, -0.15) is 0 Å². The first-order valence-corrected chi connectivity index (χ1v) is 10.9. The Bertz CT molecular complexity index is 567. The molecule has 29 heavy (non-hydrogen) atoms. The van der Waals surface area contributed by atoms with Crippen LogP contribution < -0.4 is 10.6 Å². The lowest BCUT2D eigenvalue weighted by Crippen LogP contribution is -2.49. The molecule has 164 valence electrons. The molecule has 8 heteroatoms. The highest BCUT2D eigenvalue weighted by atomic mass is 16.5. The zero-order chi connectivity index (χ0) is 20.2. The van der Waals surface area contributed by atoms with Crippen LogP contribution in [-0.2, 0) is 15.9 Å². The number of methoxy groups -OCH3 is 1. The fourth-order valence-corrected chi connectivity index (χ4v) is 3.75. The van der Waals surface area contributed by atoms with Crippen LogP contribution in [0.5, 0.6) is 0 Å². The second-order valence-electron chi connectivity index (χ2n) is 7.69. The number of piperidine rings is 1. The van der Waals surface area contributed by atoms with Crippen LogP contribution in [0, 0.1) is 0 Å². The zero-order valence-corrected chi connectivity index (χ0v) is 17.8. The number of nitrogens with zero attached hydrogens (tertiary/aromatic N) is 3. The predicted molar refractivity (Wildman–Crippen MR) is 114 cm³/mol. The van der Waals surface area contributed by atoms with Crippen molar-refractivity contribution >= 4 is 5.96 Å². The number of aliphatic imine (C=N–C) groups is 1. The largest absolute Gasteiger partial charge is 0.469 e. The van der Waals surface area contributed by atoms with Gasteiger partial charge in [0.05, 0.1) is 32.6 Å². The third-order valence-electron chi connectivity index (χ3n) is 5.57. The molecule has 0 spiro atoms. The van der Waals surface area contributed by atoms with Crippen molar-refractivity contribution < 1.29 is 13.9 Å². The van der Waals surface area contributed by atoms with Gasteiger partial charge < -0.3 is 29.4 Å². The summed E-state index contributed by atoms with van der Waals surface area (Å²) in [5.41, 5.74) is 0. The highest BCUT2D eigenvalue weighted by Gasteiger charge is 2.20. The molecule has 0 atom stereocenters. The van der Waals surface area contributed by atoms with Gasteiger partial charge in [-0.25, -0.2) is 0 Å². The van der Waals surface area contributed by atoms with Crippen LogP contribution in [0.3, 0.4) is 0 Å². The van der Waals surface area contributed by atoms with Crippen molar-refractivity contribution in [1.29, 1.82) is 0 Å². The molecule has 0 radical (unpaired) electrons. The highest BCUT2D eigenvalue weighted by molar-refractivity contribution is 5.80. The lowest BCUT2D eigenvalue weighted by Gasteiger charge is -2.33. The van der Waals surface area contributed by atoms with E-state index in [9.17, 15) is 0 Å². The van der Waals surface area contributed by atoms with Crippen molar-refractivity contribution in [3.8, 4) is 0 Å². The van der Waals surface area contributed by atoms with Crippen molar-refractivity contribution in [1.82, 2.24) is 20.4 Å². The van der Waals surface area contributed by atoms with E-state index in [-0.39, 0.29) is 0 Å². The molecule has 2 aliphatic rings. The summed E-state index contributed by atoms with van der Waals surface area (Å²) in [7, 11) is 1.77. The number of nitrogens with one attached hydrogen (secondary N) is 2. The Balaban J connectivity index is 1.44. The molecule has 2 saturated heterocycles. The third kappa shape index (κ3) is 8.34. The lowest BCUT2D eigenvalue weighted by molar-refractivity contribution is 0.0394. The molecule has 0 aromatic carbocycles. The summed E-state index contributed by atoms with van der Waals surface area (Å²) in [4.78, 5) is 9.74. The van der Waals surface area contributed by atoms with E-state index in [2.05, 4.69) is 20.4 Å². The average Bonchev–Trinajstić information content (AvgIpc) is 3.27. The summed E-state index contributed by atoms with van der Waals surface area (Å²) in [6.45, 7) is 10.3. The molecule has 2 fully saturated rings. The van der Waals surface area contributed by atoms with Crippen LogP contribution in [0.15, 0.2) is 27.8 Å². The Morgan fingerprint density at radius 3 is 2.69 bits per heavy atom. The molecule has 1 aromatic rings. The van der Waals surface area contributed by atoms with Crippen molar-refractivity contribution in [2.45, 2.75) is 25.3 Å². The van der Waals surface area contributed by atoms with E-state index in [1.165, 1.54) is 0 Å². The number of likely N-dealkylation sites (tertiary alicyclic amines) is 1. The Morgan fingerprint density at radius 2 is 1.97 bits per heavy atom. The number of furan rings is 1. The Kier molecular flexibility index (Phi) is 9.78. The maximum Gasteiger partial charge on any atom is 0.191 e. The predicted octanol–water partition coefficient (Wildman–Crippen LogP) is 0.800. The Morgan fingerprint density at radius 1 is 1.17 bits per heavy atom. The first-order valence-electron chi connectivity index (χ1n) is 10.9. The number of guanidine groups is 1. The van der Waals surface area contributed by atoms with E-state index in [4.69, 9.17) is 18.9 Å². The molecule has 0 amide bonds. The highest BCUT2D eigenvalue weighted by Crippen LogP contribution is 2.10. The van der Waals surface area contributed by atoms with Gasteiger partial charge in [0, 0.05) is 65.4 Å². The molecule has 0 unspecified atom stereocenters. The molecular formula is C21H37N5O3. The average molecular weight is 408 g/mol. The van der Waals surface area contributed by atoms with Gasteiger partial charge >= 0.3 is 0 Å². The van der Waals surface area contributed by atoms with Gasteiger partial charge in [-0.1, -0.05) is 0 Å². The summed E-state index contributed by atoms with van der Waals surface area (Å²) in [6.07, 6.45) is 4.84. The zero-order valence-electron chi connectivity index (χ0n) is 17.8. The molecule has 2 N–H and O–H groups in total. The minimum absolute atomic E-state index is 0.465. The minimum Gasteiger partial charge on any atom is -0.469 e. The van der Waals surface area contributed by atoms with Gasteiger partial charge in [0.15, 0.2) is 5.96 Å². The molecule has 0 bridgehead atoms. The summed E-state index contributed by atoms with van der Waals surface area (Å²) >= 11 is 0. The fourth-order valence-electron chi connectivity index (χ4n) is 3.75. The van der Waals surface area contributed by atoms with Crippen molar-refractivity contribution in [2.75, 3.05) is 79.3 Å². The van der Waals surface area contributed by atoms with E-state index in [0.29, 0.717) is 6.04 Å². The van der Waals surface area contributed by atoms with Crippen LogP contribution in [0.4, 0.5) is 0 Å². The number of hydrogen-bond donors (Lipinski definition) is 2. The molecule has 8 nitrogen and oxygen atoms in total. The number of rotatable bonds is 10. The van der Waals surface area contributed by atoms with Gasteiger partial charge in [0.2, 0.25) is 0 Å². The summed E-state index contributed by atoms with van der Waals surface area (Å²) in [5, 5.41) is 7.15. The van der Waals surface area contributed by atoms with Crippen LogP contribution in [0.25, 0.3) is 0 Å². The molecule has 3 rings (SSSR count). The topological polar surface area (TPSA) is 74.5 Å². The second kappa shape index (κ2) is 12.8. The van der Waals surface area contributed by atoms with Crippen molar-refractivity contribution in [3.05, 3.63) is 24.2 Å². The maximum absolute atomic E-state index is 5.44. The van der Waals surface area contributed by atoms with Gasteiger partial charge in [-0.05, 0) is 25.0 Å². The van der Waals surface area contributed by atoms with Gasteiger partial charge in [0.1, 0.15) is 5.76 Å². The van der Waals surface area contributed by atoms with Crippen LogP contribution in [0.2, 0.25) is 0 Å². The number of ether oxygens (including phenoxy) is 2. The smallest absolute Gasteiger partial charge is 0.191 e. The minimum atomic E-state index is 0.465. The lowest BCUT2D eigenvalue weighted by atomic mass is 10.1. The second-order valence-corrected chi connectivity index (χ2v) is 7.69. The van der Waals surface area contributed by atoms with Crippen LogP contribution >= 0.6 is 0 Å². The molecule has 1 aromatic heterocycles. The first-order chi connectivity index (χ1) is 14.3. The fraction of sp³-hybridized carbons (Fsp3) is 0.762. The van der Waals surface area contributed by atoms with Crippen molar-refractivity contribution in [2.24, 2.45) is 4.99 Å². The van der Waals surface area contributed by atoms with E-state index < -0.39 is 0 Å². The SMILES string of the molecule is COCCN1CCC(NC(=NCCN2CCOCC2)NCCc2ccco2)CC1. The third-order valence-corrected chi connectivity index (χ3v) is 5.57. The van der Waals surface area contributed by atoms with Crippen molar-refractivity contribution in [3.63, 3.8) is 0 Å². The summed E-state index contributed by atoms with van der Waals surface area (Å²) < 4.78 is 16.1. The maximum atomic E-state index is 5.44. The number of hydrogen-bond acceptors (Lipinski definition) is 6. The van der Waals surface area contributed by atoms with E-state index in [0.717, 1.165) is 103 Å². The van der Waals surface area contributed by atoms with Gasteiger partial charge in [-0.3, -0.25) is 9.89 Å². The quantitative estimate of drug-likeness (QED) is 0.439. The van der Waals surface area contributed by atoms with Crippen LogP contribution in [0.1, 0.15) is 18.6 Å². The Labute approximate surface area is 174 Å². The molecule has 2 aliphatic heterocycles. The molecule has 0 saturated carbocycles. The normalized spacial score (nSPS) is 20.1. The monoisotopic (exact) mass is 407 g/mol. The molecule has 0 aliphatic carbocycles. The van der Waals surface area contributed by atoms with E-state index in [1.807, 2.05) is 12.1 Å². The number of morpholine rings is 1. The first kappa shape index (κ1) is 22.1. The summed E-state index contributed by atoms with van der Waals surface area (Å²) in [6, 6.07) is 4.41.